The lowest BCUT2D eigenvalue weighted by Gasteiger charge is -2.47. The molecule has 0 saturated carbocycles. The van der Waals surface area contributed by atoms with E-state index in [2.05, 4.69) is 56.1 Å². The molecule has 30 heavy (non-hydrogen) atoms. The van der Waals surface area contributed by atoms with Crippen LogP contribution in [-0.4, -0.2) is 18.0 Å². The highest BCUT2D eigenvalue weighted by atomic mass is 16.1. The zero-order chi connectivity index (χ0) is 22.1. The Morgan fingerprint density at radius 3 is 2.50 bits per heavy atom. The molecule has 1 atom stereocenters. The van der Waals surface area contributed by atoms with Crippen LogP contribution in [0.3, 0.4) is 0 Å². The Morgan fingerprint density at radius 1 is 1.23 bits per heavy atom. The Kier molecular flexibility index (Phi) is 6.03. The normalized spacial score (nSPS) is 17.8. The number of aryl methyl sites for hydroxylation is 2. The van der Waals surface area contributed by atoms with E-state index in [0.29, 0.717) is 11.6 Å². The van der Waals surface area contributed by atoms with Crippen LogP contribution in [-0.2, 0) is 4.79 Å². The van der Waals surface area contributed by atoms with Gasteiger partial charge in [-0.05, 0) is 99.6 Å². The summed E-state index contributed by atoms with van der Waals surface area (Å²) in [5, 5.41) is 12.5. The number of benzene rings is 2. The van der Waals surface area contributed by atoms with Crippen molar-refractivity contribution in [1.82, 2.24) is 0 Å². The third-order valence-corrected chi connectivity index (χ3v) is 5.88. The molecule has 3 rings (SSSR count). The highest BCUT2D eigenvalue weighted by molar-refractivity contribution is 6.09. The van der Waals surface area contributed by atoms with Gasteiger partial charge in [-0.3, -0.25) is 4.79 Å². The van der Waals surface area contributed by atoms with E-state index in [0.717, 1.165) is 29.7 Å². The molecule has 156 valence electrons. The maximum absolute atomic E-state index is 12.7. The topological polar surface area (TPSA) is 56.1 Å². The number of rotatable bonds is 4. The zero-order valence-electron chi connectivity index (χ0n) is 18.8. The number of nitrogens with zero attached hydrogens (tertiary/aromatic N) is 2. The molecule has 4 heteroatoms. The summed E-state index contributed by atoms with van der Waals surface area (Å²) in [7, 11) is 0. The van der Waals surface area contributed by atoms with Gasteiger partial charge in [-0.25, -0.2) is 0 Å². The van der Waals surface area contributed by atoms with Crippen LogP contribution in [0.2, 0.25) is 0 Å². The molecule has 0 spiro atoms. The summed E-state index contributed by atoms with van der Waals surface area (Å²) in [5.41, 5.74) is 6.46. The van der Waals surface area contributed by atoms with E-state index in [4.69, 9.17) is 0 Å². The second kappa shape index (κ2) is 8.36. The minimum Gasteiger partial charge on any atom is -0.366 e. The summed E-state index contributed by atoms with van der Waals surface area (Å²) in [6.45, 7) is 13.9. The third kappa shape index (κ3) is 4.41. The molecule has 0 unspecified atom stereocenters. The maximum Gasteiger partial charge on any atom is 0.266 e. The zero-order valence-corrected chi connectivity index (χ0v) is 18.8. The summed E-state index contributed by atoms with van der Waals surface area (Å²) >= 11 is 0. The van der Waals surface area contributed by atoms with Gasteiger partial charge in [0.25, 0.3) is 5.91 Å². The Balaban J connectivity index is 1.90. The number of carbonyl (C=O) groups excluding carboxylic acids is 1. The van der Waals surface area contributed by atoms with Crippen LogP contribution in [0, 0.1) is 25.2 Å². The number of anilines is 2. The van der Waals surface area contributed by atoms with Crippen LogP contribution in [0.15, 0.2) is 42.0 Å². The van der Waals surface area contributed by atoms with Crippen molar-refractivity contribution in [3.05, 3.63) is 64.2 Å². The van der Waals surface area contributed by atoms with Crippen LogP contribution in [0.5, 0.6) is 0 Å². The van der Waals surface area contributed by atoms with Crippen molar-refractivity contribution in [1.29, 1.82) is 5.26 Å². The van der Waals surface area contributed by atoms with E-state index >= 15 is 0 Å². The molecule has 2 aromatic rings. The van der Waals surface area contributed by atoms with Crippen LogP contribution < -0.4 is 10.2 Å². The van der Waals surface area contributed by atoms with E-state index in [9.17, 15) is 10.1 Å². The summed E-state index contributed by atoms with van der Waals surface area (Å²) in [5.74, 6) is 0.0327. The molecule has 1 aliphatic heterocycles. The van der Waals surface area contributed by atoms with Crippen molar-refractivity contribution in [2.75, 3.05) is 16.8 Å². The quantitative estimate of drug-likeness (QED) is 0.508. The fourth-order valence-corrected chi connectivity index (χ4v) is 4.76. The maximum atomic E-state index is 12.7. The van der Waals surface area contributed by atoms with Crippen LogP contribution >= 0.6 is 0 Å². The third-order valence-electron chi connectivity index (χ3n) is 5.88. The summed E-state index contributed by atoms with van der Waals surface area (Å²) in [6.07, 6.45) is 2.75. The Morgan fingerprint density at radius 2 is 1.90 bits per heavy atom. The van der Waals surface area contributed by atoms with Gasteiger partial charge in [0.05, 0.1) is 0 Å². The predicted molar refractivity (Wildman–Crippen MR) is 125 cm³/mol. The first-order valence-corrected chi connectivity index (χ1v) is 10.6. The van der Waals surface area contributed by atoms with Crippen molar-refractivity contribution in [3.63, 3.8) is 0 Å². The van der Waals surface area contributed by atoms with Crippen molar-refractivity contribution in [2.24, 2.45) is 0 Å². The minimum atomic E-state index is -0.385. The largest absolute Gasteiger partial charge is 0.366 e. The Bertz CT molecular complexity index is 1020. The van der Waals surface area contributed by atoms with Gasteiger partial charge in [0, 0.05) is 23.5 Å². The smallest absolute Gasteiger partial charge is 0.266 e. The standard InChI is InChI=1S/C26H31N3O/c1-7-29-24-9-8-20(14-23(24)19(4)15-26(29,5)6)13-21(16-27)25(30)28-22-11-17(2)10-18(3)12-22/h8-14,19H,7,15H2,1-6H3,(H,28,30)/b21-13-/t19-/m1/s1. The second-order valence-electron chi connectivity index (χ2n) is 8.98. The number of nitriles is 1. The lowest BCUT2D eigenvalue weighted by Crippen LogP contribution is -2.48. The van der Waals surface area contributed by atoms with E-state index < -0.39 is 0 Å². The van der Waals surface area contributed by atoms with Crippen molar-refractivity contribution in [3.8, 4) is 6.07 Å². The first-order valence-electron chi connectivity index (χ1n) is 10.6. The molecular formula is C26H31N3O. The van der Waals surface area contributed by atoms with Crippen LogP contribution in [0.1, 0.15) is 62.3 Å². The van der Waals surface area contributed by atoms with Crippen molar-refractivity contribution in [2.45, 2.75) is 59.4 Å². The predicted octanol–water partition coefficient (Wildman–Crippen LogP) is 5.96. The second-order valence-corrected chi connectivity index (χ2v) is 8.98. The van der Waals surface area contributed by atoms with Crippen molar-refractivity contribution >= 4 is 23.4 Å². The van der Waals surface area contributed by atoms with Crippen LogP contribution in [0.25, 0.3) is 6.08 Å². The number of nitrogens with one attached hydrogen (secondary N) is 1. The fraction of sp³-hybridized carbons (Fsp3) is 0.385. The molecule has 0 fully saturated rings. The molecule has 4 nitrogen and oxygen atoms in total. The molecule has 0 saturated heterocycles. The lowest BCUT2D eigenvalue weighted by atomic mass is 9.79. The number of carbonyl (C=O) groups is 1. The molecule has 0 aromatic heterocycles. The fourth-order valence-electron chi connectivity index (χ4n) is 4.76. The van der Waals surface area contributed by atoms with Gasteiger partial charge < -0.3 is 10.2 Å². The minimum absolute atomic E-state index is 0.102. The van der Waals surface area contributed by atoms with E-state index in [1.807, 2.05) is 38.1 Å². The SMILES string of the molecule is CCN1c2ccc(/C=C(/C#N)C(=O)Nc3cc(C)cc(C)c3)cc2[C@H](C)CC1(C)C. The molecule has 1 aliphatic rings. The lowest BCUT2D eigenvalue weighted by molar-refractivity contribution is -0.112. The molecule has 0 bridgehead atoms. The van der Waals surface area contributed by atoms with Gasteiger partial charge in [-0.2, -0.15) is 5.26 Å². The highest BCUT2D eigenvalue weighted by Crippen LogP contribution is 2.43. The Labute approximate surface area is 180 Å². The highest BCUT2D eigenvalue weighted by Gasteiger charge is 2.35. The van der Waals surface area contributed by atoms with Crippen LogP contribution in [0.4, 0.5) is 11.4 Å². The first-order chi connectivity index (χ1) is 14.1. The number of hydrogen-bond acceptors (Lipinski definition) is 3. The van der Waals surface area contributed by atoms with Gasteiger partial charge in [0.1, 0.15) is 11.6 Å². The van der Waals surface area contributed by atoms with Gasteiger partial charge >= 0.3 is 0 Å². The molecule has 2 aromatic carbocycles. The molecule has 1 heterocycles. The van der Waals surface area contributed by atoms with E-state index in [1.54, 1.807) is 6.08 Å². The van der Waals surface area contributed by atoms with Crippen molar-refractivity contribution < 1.29 is 4.79 Å². The summed E-state index contributed by atoms with van der Waals surface area (Å²) < 4.78 is 0. The monoisotopic (exact) mass is 401 g/mol. The summed E-state index contributed by atoms with van der Waals surface area (Å²) in [6, 6.07) is 14.2. The number of fused-ring (bicyclic) bond motifs is 1. The first kappa shape index (κ1) is 21.6. The molecule has 0 radical (unpaired) electrons. The number of hydrogen-bond donors (Lipinski definition) is 1. The average Bonchev–Trinajstić information content (AvgIpc) is 2.65. The summed E-state index contributed by atoms with van der Waals surface area (Å²) in [4.78, 5) is 15.1. The van der Waals surface area contributed by atoms with Gasteiger partial charge in [-0.15, -0.1) is 0 Å². The Hall–Kier alpha value is -3.06. The van der Waals surface area contributed by atoms with E-state index in [1.165, 1.54) is 11.3 Å². The van der Waals surface area contributed by atoms with Gasteiger partial charge in [0.15, 0.2) is 0 Å². The van der Waals surface area contributed by atoms with Gasteiger partial charge in [-0.1, -0.05) is 19.1 Å². The molecule has 1 N–H and O–H groups in total. The van der Waals surface area contributed by atoms with E-state index in [-0.39, 0.29) is 17.0 Å². The number of amides is 1. The molecular weight excluding hydrogens is 370 g/mol. The molecule has 0 aliphatic carbocycles. The molecule has 1 amide bonds. The van der Waals surface area contributed by atoms with Gasteiger partial charge in [0.2, 0.25) is 0 Å². The average molecular weight is 402 g/mol.